The number of esters is 2. The summed E-state index contributed by atoms with van der Waals surface area (Å²) in [6, 6.07) is 0. The van der Waals surface area contributed by atoms with Crippen LogP contribution in [0.2, 0.25) is 0 Å². The predicted molar refractivity (Wildman–Crippen MR) is 226 cm³/mol. The first kappa shape index (κ1) is 54.3. The Labute approximate surface area is 349 Å². The Morgan fingerprint density at radius 1 is 0.517 bits per heavy atom. The first-order valence-electron chi connectivity index (χ1n) is 22.6. The maximum atomic E-state index is 12.8. The Kier molecular flexibility index (Phi) is 32.8. The Morgan fingerprint density at radius 3 is 1.31 bits per heavy atom. The van der Waals surface area contributed by atoms with Gasteiger partial charge in [0.2, 0.25) is 0 Å². The molecule has 6 N–H and O–H groups in total. The van der Waals surface area contributed by atoms with Gasteiger partial charge in [0.05, 0.1) is 6.61 Å². The minimum absolute atomic E-state index is 0.0866. The molecule has 0 spiro atoms. The lowest BCUT2D eigenvalue weighted by Gasteiger charge is -2.41. The molecule has 0 aromatic rings. The standard InChI is InChI=1S/C44H81O13P/c1-3-5-7-9-11-13-15-17-19-21-23-25-27-29-31-33-38(46)56-36(35-55-58(52,53)57-44-42(50)40(48)39(47)41(49)43(44)51)34-54-37(45)32-30-28-26-24-22-20-18-16-14-12-10-8-6-4-2/h16-19,36,39-44,47-51H,3-15,20-35H2,1-2H3,(H,52,53)/b18-16-,19-17-/t36-,39?,40-,41?,42?,43?,44?/m1/s1. The van der Waals surface area contributed by atoms with Crippen molar-refractivity contribution in [3.8, 4) is 0 Å². The summed E-state index contributed by atoms with van der Waals surface area (Å²) in [5.74, 6) is -1.12. The molecule has 13 nitrogen and oxygen atoms in total. The molecule has 0 bridgehead atoms. The lowest BCUT2D eigenvalue weighted by Crippen LogP contribution is -2.64. The maximum Gasteiger partial charge on any atom is 0.472 e. The van der Waals surface area contributed by atoms with Gasteiger partial charge in [0.1, 0.15) is 43.2 Å². The van der Waals surface area contributed by atoms with E-state index in [0.717, 1.165) is 77.0 Å². The van der Waals surface area contributed by atoms with E-state index in [0.29, 0.717) is 12.8 Å². The second kappa shape index (κ2) is 35.0. The van der Waals surface area contributed by atoms with Crippen molar-refractivity contribution < 1.29 is 63.1 Å². The van der Waals surface area contributed by atoms with Gasteiger partial charge in [-0.05, 0) is 64.2 Å². The third-order valence-electron chi connectivity index (χ3n) is 10.5. The van der Waals surface area contributed by atoms with Gasteiger partial charge in [-0.2, -0.15) is 0 Å². The molecule has 0 heterocycles. The van der Waals surface area contributed by atoms with Crippen LogP contribution < -0.4 is 0 Å². The summed E-state index contributed by atoms with van der Waals surface area (Å²) >= 11 is 0. The molecule has 0 aromatic carbocycles. The zero-order valence-corrected chi connectivity index (χ0v) is 36.7. The monoisotopic (exact) mass is 849 g/mol. The van der Waals surface area contributed by atoms with E-state index < -0.39 is 75.7 Å². The van der Waals surface area contributed by atoms with Gasteiger partial charge in [0, 0.05) is 12.8 Å². The van der Waals surface area contributed by atoms with Gasteiger partial charge in [0.15, 0.2) is 6.10 Å². The number of unbranched alkanes of at least 4 members (excludes halogenated alkanes) is 21. The van der Waals surface area contributed by atoms with Crippen LogP contribution in [0, 0.1) is 0 Å². The summed E-state index contributed by atoms with van der Waals surface area (Å²) < 4.78 is 33.5. The molecule has 1 aliphatic rings. The average molecular weight is 849 g/mol. The third kappa shape index (κ3) is 27.2. The quantitative estimate of drug-likeness (QED) is 0.0150. The normalized spacial score (nSPS) is 22.7. The van der Waals surface area contributed by atoms with E-state index in [9.17, 15) is 44.6 Å². The Balaban J connectivity index is 2.48. The van der Waals surface area contributed by atoms with E-state index in [-0.39, 0.29) is 12.8 Å². The van der Waals surface area contributed by atoms with Crippen molar-refractivity contribution in [3.63, 3.8) is 0 Å². The maximum absolute atomic E-state index is 12.8. The minimum Gasteiger partial charge on any atom is -0.462 e. The molecule has 1 rings (SSSR count). The molecule has 58 heavy (non-hydrogen) atoms. The Bertz CT molecular complexity index is 1120. The molecular formula is C44H81O13P. The molecule has 6 unspecified atom stereocenters. The third-order valence-corrected chi connectivity index (χ3v) is 11.5. The minimum atomic E-state index is -5.12. The van der Waals surface area contributed by atoms with Gasteiger partial charge in [-0.15, -0.1) is 0 Å². The highest BCUT2D eigenvalue weighted by Gasteiger charge is 2.51. The molecule has 14 heteroatoms. The highest BCUT2D eigenvalue weighted by Crippen LogP contribution is 2.47. The number of carbonyl (C=O) groups excluding carboxylic acids is 2. The van der Waals surface area contributed by atoms with E-state index >= 15 is 0 Å². The van der Waals surface area contributed by atoms with E-state index in [1.807, 2.05) is 0 Å². The van der Waals surface area contributed by atoms with Crippen molar-refractivity contribution >= 4 is 19.8 Å². The molecular weight excluding hydrogens is 767 g/mol. The largest absolute Gasteiger partial charge is 0.472 e. The number of phosphoric ester groups is 1. The number of allylic oxidation sites excluding steroid dienone is 4. The highest BCUT2D eigenvalue weighted by atomic mass is 31.2. The number of phosphoric acid groups is 1. The fraction of sp³-hybridized carbons (Fsp3) is 0.864. The molecule has 1 aliphatic carbocycles. The molecule has 0 saturated heterocycles. The van der Waals surface area contributed by atoms with Gasteiger partial charge in [-0.3, -0.25) is 18.6 Å². The molecule has 0 amide bonds. The summed E-state index contributed by atoms with van der Waals surface area (Å²) in [5.41, 5.74) is 0. The van der Waals surface area contributed by atoms with Crippen LogP contribution in [0.15, 0.2) is 24.3 Å². The van der Waals surface area contributed by atoms with Crippen molar-refractivity contribution in [2.45, 2.75) is 230 Å². The highest BCUT2D eigenvalue weighted by molar-refractivity contribution is 7.47. The number of ether oxygens (including phenoxy) is 2. The summed E-state index contributed by atoms with van der Waals surface area (Å²) in [6.45, 7) is 3.27. The van der Waals surface area contributed by atoms with Crippen molar-refractivity contribution in [1.82, 2.24) is 0 Å². The van der Waals surface area contributed by atoms with Crippen LogP contribution in [0.3, 0.4) is 0 Å². The summed E-state index contributed by atoms with van der Waals surface area (Å²) in [6.07, 6.45) is 23.8. The van der Waals surface area contributed by atoms with Gasteiger partial charge in [-0.25, -0.2) is 4.57 Å². The molecule has 1 saturated carbocycles. The molecule has 8 atom stereocenters. The SMILES string of the molecule is CCCCCCC/C=C\CCCCCCCC(=O)OC[C@H](COP(=O)(O)OC1C(O)C(O)C(O)[C@@H](O)C1O)OC(=O)CCCCCCC/C=C\CCCCCCCC. The first-order chi connectivity index (χ1) is 27.9. The number of aliphatic hydroxyl groups is 5. The van der Waals surface area contributed by atoms with Crippen LogP contribution in [0.4, 0.5) is 0 Å². The van der Waals surface area contributed by atoms with Crippen molar-refractivity contribution in [3.05, 3.63) is 24.3 Å². The summed E-state index contributed by atoms with van der Waals surface area (Å²) in [4.78, 5) is 35.6. The van der Waals surface area contributed by atoms with Gasteiger partial charge in [-0.1, -0.05) is 134 Å². The zero-order valence-electron chi connectivity index (χ0n) is 35.8. The Hall–Kier alpha value is -1.67. The van der Waals surface area contributed by atoms with Crippen molar-refractivity contribution in [2.24, 2.45) is 0 Å². The van der Waals surface area contributed by atoms with Crippen LogP contribution in [-0.4, -0.2) is 98.3 Å². The van der Waals surface area contributed by atoms with Crippen molar-refractivity contribution in [2.75, 3.05) is 13.2 Å². The second-order valence-corrected chi connectivity index (χ2v) is 17.3. The molecule has 0 aliphatic heterocycles. The fourth-order valence-electron chi connectivity index (χ4n) is 6.81. The molecule has 340 valence electrons. The number of carbonyl (C=O) groups is 2. The van der Waals surface area contributed by atoms with E-state index in [4.69, 9.17) is 18.5 Å². The number of rotatable bonds is 37. The lowest BCUT2D eigenvalue weighted by molar-refractivity contribution is -0.220. The number of hydrogen-bond acceptors (Lipinski definition) is 12. The van der Waals surface area contributed by atoms with Crippen LogP contribution >= 0.6 is 7.82 Å². The molecule has 1 fully saturated rings. The molecule has 0 aromatic heterocycles. The molecule has 0 radical (unpaired) electrons. The first-order valence-corrected chi connectivity index (χ1v) is 24.1. The number of aliphatic hydroxyl groups excluding tert-OH is 5. The van der Waals surface area contributed by atoms with E-state index in [1.165, 1.54) is 70.6 Å². The second-order valence-electron chi connectivity index (χ2n) is 15.9. The predicted octanol–water partition coefficient (Wildman–Crippen LogP) is 8.45. The van der Waals surface area contributed by atoms with Crippen molar-refractivity contribution in [1.29, 1.82) is 0 Å². The van der Waals surface area contributed by atoms with Crippen LogP contribution in [0.1, 0.15) is 187 Å². The van der Waals surface area contributed by atoms with E-state index in [2.05, 4.69) is 38.2 Å². The number of hydrogen-bond donors (Lipinski definition) is 6. The van der Waals surface area contributed by atoms with Gasteiger partial charge in [0.25, 0.3) is 0 Å². The smallest absolute Gasteiger partial charge is 0.462 e. The topological polar surface area (TPSA) is 210 Å². The van der Waals surface area contributed by atoms with E-state index in [1.54, 1.807) is 0 Å². The fourth-order valence-corrected chi connectivity index (χ4v) is 7.78. The Morgan fingerprint density at radius 2 is 0.879 bits per heavy atom. The van der Waals surface area contributed by atoms with Gasteiger partial charge < -0.3 is 39.9 Å². The van der Waals surface area contributed by atoms with Crippen LogP contribution in [0.25, 0.3) is 0 Å². The van der Waals surface area contributed by atoms with Crippen LogP contribution in [-0.2, 0) is 32.7 Å². The average Bonchev–Trinajstić information content (AvgIpc) is 3.20. The summed E-state index contributed by atoms with van der Waals surface area (Å²) in [7, 11) is -5.12. The zero-order chi connectivity index (χ0) is 42.9. The lowest BCUT2D eigenvalue weighted by atomic mass is 9.85. The van der Waals surface area contributed by atoms with Crippen LogP contribution in [0.5, 0.6) is 0 Å². The van der Waals surface area contributed by atoms with Gasteiger partial charge >= 0.3 is 19.8 Å². The summed E-state index contributed by atoms with van der Waals surface area (Å²) in [5, 5.41) is 50.1.